The Labute approximate surface area is 143 Å². The van der Waals surface area contributed by atoms with Gasteiger partial charge in [0, 0.05) is 29.7 Å². The number of hydrogen-bond acceptors (Lipinski definition) is 3. The van der Waals surface area contributed by atoms with Gasteiger partial charge in [-0.15, -0.1) is 0 Å². The van der Waals surface area contributed by atoms with Crippen LogP contribution in [0, 0.1) is 11.3 Å². The van der Waals surface area contributed by atoms with Gasteiger partial charge in [0.05, 0.1) is 11.3 Å². The van der Waals surface area contributed by atoms with Gasteiger partial charge in [0.25, 0.3) is 0 Å². The molecule has 7 heteroatoms. The molecule has 0 spiro atoms. The number of benzene rings is 1. The number of anilines is 1. The molecule has 0 radical (unpaired) electrons. The fourth-order valence-corrected chi connectivity index (χ4v) is 2.69. The summed E-state index contributed by atoms with van der Waals surface area (Å²) in [5, 5.41) is 11.7. The highest BCUT2D eigenvalue weighted by Crippen LogP contribution is 2.27. The van der Waals surface area contributed by atoms with Gasteiger partial charge in [-0.05, 0) is 32.0 Å². The molecule has 23 heavy (non-hydrogen) atoms. The average Bonchev–Trinajstić information content (AvgIpc) is 2.87. The summed E-state index contributed by atoms with van der Waals surface area (Å²) in [6.45, 7) is 3.42. The number of nitrogens with one attached hydrogen (secondary N) is 1. The predicted octanol–water partition coefficient (Wildman–Crippen LogP) is 2.03. The first-order chi connectivity index (χ1) is 10.7. The number of nitrogens with zero attached hydrogens (tertiary/aromatic N) is 1. The van der Waals surface area contributed by atoms with Gasteiger partial charge in [-0.25, -0.2) is 0 Å². The van der Waals surface area contributed by atoms with Crippen LogP contribution in [-0.2, 0) is 14.4 Å². The van der Waals surface area contributed by atoms with Crippen LogP contribution in [0.1, 0.15) is 20.3 Å². The summed E-state index contributed by atoms with van der Waals surface area (Å²) in [7, 11) is 0. The first-order valence-corrected chi connectivity index (χ1v) is 8.07. The summed E-state index contributed by atoms with van der Waals surface area (Å²) in [5.41, 5.74) is -0.298. The normalized spacial score (nSPS) is 18.1. The first-order valence-electron chi connectivity index (χ1n) is 7.28. The first kappa shape index (κ1) is 17.5. The maximum Gasteiger partial charge on any atom is 0.310 e. The monoisotopic (exact) mass is 382 g/mol. The molecule has 1 atom stereocenters. The van der Waals surface area contributed by atoms with Gasteiger partial charge in [-0.2, -0.15) is 0 Å². The summed E-state index contributed by atoms with van der Waals surface area (Å²) in [4.78, 5) is 37.0. The van der Waals surface area contributed by atoms with Crippen molar-refractivity contribution in [3.05, 3.63) is 28.7 Å². The van der Waals surface area contributed by atoms with Crippen LogP contribution in [0.5, 0.6) is 0 Å². The molecule has 1 aromatic carbocycles. The van der Waals surface area contributed by atoms with E-state index in [0.29, 0.717) is 6.54 Å². The molecule has 2 amide bonds. The molecule has 2 N–H and O–H groups in total. The Balaban J connectivity index is 1.99. The van der Waals surface area contributed by atoms with Crippen LogP contribution in [0.2, 0.25) is 0 Å². The maximum absolute atomic E-state index is 12.2. The second kappa shape index (κ2) is 6.70. The van der Waals surface area contributed by atoms with Gasteiger partial charge in [0.2, 0.25) is 11.8 Å². The molecule has 1 fully saturated rings. The molecule has 0 bridgehead atoms. The van der Waals surface area contributed by atoms with E-state index in [-0.39, 0.29) is 24.8 Å². The van der Waals surface area contributed by atoms with E-state index in [1.807, 2.05) is 24.3 Å². The van der Waals surface area contributed by atoms with Crippen molar-refractivity contribution in [3.63, 3.8) is 0 Å². The van der Waals surface area contributed by atoms with Gasteiger partial charge in [0.1, 0.15) is 0 Å². The number of carbonyl (C=O) groups excluding carboxylic acids is 2. The van der Waals surface area contributed by atoms with Crippen LogP contribution in [0.15, 0.2) is 28.7 Å². The summed E-state index contributed by atoms with van der Waals surface area (Å²) in [5.74, 6) is -1.84. The Morgan fingerprint density at radius 2 is 2.13 bits per heavy atom. The lowest BCUT2D eigenvalue weighted by atomic mass is 9.93. The van der Waals surface area contributed by atoms with Crippen molar-refractivity contribution in [2.75, 3.05) is 18.0 Å². The zero-order valence-electron chi connectivity index (χ0n) is 13.0. The average molecular weight is 383 g/mol. The fourth-order valence-electron chi connectivity index (χ4n) is 2.30. The molecule has 1 aliphatic rings. The molecule has 1 saturated heterocycles. The minimum absolute atomic E-state index is 0.0305. The summed E-state index contributed by atoms with van der Waals surface area (Å²) in [6, 6.07) is 7.33. The molecule has 2 rings (SSSR count). The molecule has 0 saturated carbocycles. The van der Waals surface area contributed by atoms with E-state index in [4.69, 9.17) is 5.11 Å². The number of carboxylic acid groups (broad SMARTS) is 1. The summed E-state index contributed by atoms with van der Waals surface area (Å²) < 4.78 is 0.860. The number of halogens is 1. The highest BCUT2D eigenvalue weighted by atomic mass is 79.9. The molecule has 1 aromatic rings. The number of amides is 2. The van der Waals surface area contributed by atoms with Crippen LogP contribution in [0.4, 0.5) is 5.69 Å². The smallest absolute Gasteiger partial charge is 0.310 e. The molecular formula is C16H19BrN2O4. The lowest BCUT2D eigenvalue weighted by Gasteiger charge is -2.21. The highest BCUT2D eigenvalue weighted by Gasteiger charge is 2.36. The van der Waals surface area contributed by atoms with Crippen molar-refractivity contribution in [1.29, 1.82) is 0 Å². The third kappa shape index (κ3) is 4.10. The maximum atomic E-state index is 12.2. The molecule has 1 unspecified atom stereocenters. The van der Waals surface area contributed by atoms with Crippen molar-refractivity contribution in [3.8, 4) is 0 Å². The van der Waals surface area contributed by atoms with Crippen LogP contribution in [-0.4, -0.2) is 36.0 Å². The van der Waals surface area contributed by atoms with E-state index >= 15 is 0 Å². The van der Waals surface area contributed by atoms with Crippen LogP contribution >= 0.6 is 15.9 Å². The Kier molecular flexibility index (Phi) is 5.09. The zero-order chi connectivity index (χ0) is 17.2. The number of aliphatic carboxylic acids is 1. The van der Waals surface area contributed by atoms with Crippen molar-refractivity contribution in [2.45, 2.75) is 20.3 Å². The molecule has 1 aliphatic heterocycles. The number of rotatable bonds is 5. The third-order valence-electron chi connectivity index (χ3n) is 3.90. The van der Waals surface area contributed by atoms with E-state index in [0.717, 1.165) is 10.2 Å². The van der Waals surface area contributed by atoms with Crippen molar-refractivity contribution >= 4 is 39.4 Å². The van der Waals surface area contributed by atoms with Crippen LogP contribution < -0.4 is 10.2 Å². The molecular weight excluding hydrogens is 364 g/mol. The quantitative estimate of drug-likeness (QED) is 0.815. The number of carboxylic acids is 1. The van der Waals surface area contributed by atoms with Crippen LogP contribution in [0.25, 0.3) is 0 Å². The lowest BCUT2D eigenvalue weighted by Crippen LogP contribution is -2.41. The van der Waals surface area contributed by atoms with Gasteiger partial charge >= 0.3 is 5.97 Å². The van der Waals surface area contributed by atoms with E-state index < -0.39 is 17.3 Å². The minimum atomic E-state index is -1.04. The molecule has 6 nitrogen and oxygen atoms in total. The Bertz CT molecular complexity index is 645. The predicted molar refractivity (Wildman–Crippen MR) is 89.0 cm³/mol. The van der Waals surface area contributed by atoms with Gasteiger partial charge in [0.15, 0.2) is 0 Å². The number of carbonyl (C=O) groups is 3. The largest absolute Gasteiger partial charge is 0.481 e. The highest BCUT2D eigenvalue weighted by molar-refractivity contribution is 9.10. The fraction of sp³-hybridized carbons (Fsp3) is 0.438. The van der Waals surface area contributed by atoms with Gasteiger partial charge in [-0.1, -0.05) is 22.0 Å². The summed E-state index contributed by atoms with van der Waals surface area (Å²) in [6.07, 6.45) is 0.131. The minimum Gasteiger partial charge on any atom is -0.481 e. The molecule has 0 aliphatic carbocycles. The van der Waals surface area contributed by atoms with E-state index in [2.05, 4.69) is 21.2 Å². The van der Waals surface area contributed by atoms with E-state index in [1.165, 1.54) is 0 Å². The summed E-state index contributed by atoms with van der Waals surface area (Å²) >= 11 is 3.36. The van der Waals surface area contributed by atoms with Crippen molar-refractivity contribution < 1.29 is 19.5 Å². The zero-order valence-corrected chi connectivity index (χ0v) is 14.6. The van der Waals surface area contributed by atoms with Crippen LogP contribution in [0.3, 0.4) is 0 Å². The molecule has 1 heterocycles. The molecule has 0 aromatic heterocycles. The Morgan fingerprint density at radius 1 is 1.43 bits per heavy atom. The second-order valence-corrected chi connectivity index (χ2v) is 7.21. The van der Waals surface area contributed by atoms with Gasteiger partial charge < -0.3 is 15.3 Å². The van der Waals surface area contributed by atoms with Crippen molar-refractivity contribution in [2.24, 2.45) is 11.3 Å². The topological polar surface area (TPSA) is 86.7 Å². The van der Waals surface area contributed by atoms with Gasteiger partial charge in [-0.3, -0.25) is 14.4 Å². The Morgan fingerprint density at radius 3 is 2.74 bits per heavy atom. The van der Waals surface area contributed by atoms with E-state index in [1.54, 1.807) is 18.7 Å². The third-order valence-corrected chi connectivity index (χ3v) is 4.39. The second-order valence-electron chi connectivity index (χ2n) is 6.29. The number of hydrogen-bond donors (Lipinski definition) is 2. The standard InChI is InChI=1S/C16H19BrN2O4/c1-16(2,15(22)23)9-18-14(21)10-6-13(20)19(8-10)12-5-3-4-11(17)7-12/h3-5,7,10H,6,8-9H2,1-2H3,(H,18,21)(H,22,23). The van der Waals surface area contributed by atoms with Crippen molar-refractivity contribution in [1.82, 2.24) is 5.32 Å². The molecule has 124 valence electrons. The SMILES string of the molecule is CC(C)(CNC(=O)C1CC(=O)N(c2cccc(Br)c2)C1)C(=O)O. The lowest BCUT2D eigenvalue weighted by molar-refractivity contribution is -0.147. The van der Waals surface area contributed by atoms with E-state index in [9.17, 15) is 14.4 Å². The Hall–Kier alpha value is -1.89.